The normalized spacial score (nSPS) is 12.0. The third-order valence-corrected chi connectivity index (χ3v) is 6.19. The molecule has 1 amide bonds. The van der Waals surface area contributed by atoms with E-state index in [0.717, 1.165) is 18.4 Å². The van der Waals surface area contributed by atoms with E-state index in [9.17, 15) is 9.59 Å². The largest absolute Gasteiger partial charge is 0.495 e. The first kappa shape index (κ1) is 24.3. The van der Waals surface area contributed by atoms with Crippen molar-refractivity contribution >= 4 is 16.8 Å². The van der Waals surface area contributed by atoms with Gasteiger partial charge in [0.05, 0.1) is 42.5 Å². The van der Waals surface area contributed by atoms with E-state index in [1.54, 1.807) is 35.0 Å². The number of amides is 1. The number of carbonyl (C=O) groups is 1. The molecule has 0 bridgehead atoms. The fourth-order valence-corrected chi connectivity index (χ4v) is 4.26. The van der Waals surface area contributed by atoms with E-state index in [4.69, 9.17) is 14.1 Å². The lowest BCUT2D eigenvalue weighted by molar-refractivity contribution is -0.134. The summed E-state index contributed by atoms with van der Waals surface area (Å²) in [6.07, 6.45) is 3.70. The number of ether oxygens (including phenoxy) is 1. The minimum absolute atomic E-state index is 0.0130. The number of unbranched alkanes of at least 4 members (excludes halogenated alkanes) is 1. The molecule has 182 valence electrons. The second-order valence-electron chi connectivity index (χ2n) is 8.68. The van der Waals surface area contributed by atoms with Crippen LogP contribution in [-0.4, -0.2) is 27.5 Å². The third-order valence-electron chi connectivity index (χ3n) is 6.19. The predicted molar refractivity (Wildman–Crippen MR) is 136 cm³/mol. The Bertz CT molecular complexity index is 1370. The Kier molecular flexibility index (Phi) is 7.34. The van der Waals surface area contributed by atoms with Crippen LogP contribution in [0.2, 0.25) is 0 Å². The molecule has 0 N–H and O–H groups in total. The number of aryl methyl sites for hydroxylation is 1. The molecule has 2 aromatic heterocycles. The van der Waals surface area contributed by atoms with E-state index in [0.29, 0.717) is 40.3 Å². The van der Waals surface area contributed by atoms with Crippen LogP contribution in [0.1, 0.15) is 56.3 Å². The SMILES string of the molecule is CCCCC(=O)N(Cc1ccco1)C(C)c1nc2ccccc2c(=O)n1-c1cc(C)ccc1OC. The van der Waals surface area contributed by atoms with Gasteiger partial charge in [-0.1, -0.05) is 31.5 Å². The quantitative estimate of drug-likeness (QED) is 0.317. The number of carbonyl (C=O) groups excluding carboxylic acids is 1. The molecule has 0 aliphatic heterocycles. The minimum Gasteiger partial charge on any atom is -0.495 e. The number of nitrogens with zero attached hydrogens (tertiary/aromatic N) is 3. The number of hydrogen-bond acceptors (Lipinski definition) is 5. The molecule has 35 heavy (non-hydrogen) atoms. The van der Waals surface area contributed by atoms with Gasteiger partial charge < -0.3 is 14.1 Å². The molecule has 0 fully saturated rings. The Morgan fingerprint density at radius 1 is 1.17 bits per heavy atom. The first-order chi connectivity index (χ1) is 16.9. The predicted octanol–water partition coefficient (Wildman–Crippen LogP) is 5.58. The summed E-state index contributed by atoms with van der Waals surface area (Å²) < 4.78 is 12.8. The van der Waals surface area contributed by atoms with E-state index < -0.39 is 6.04 Å². The molecule has 0 radical (unpaired) electrons. The summed E-state index contributed by atoms with van der Waals surface area (Å²) in [6.45, 7) is 6.20. The van der Waals surface area contributed by atoms with Crippen LogP contribution in [0.4, 0.5) is 0 Å². The van der Waals surface area contributed by atoms with Crippen LogP contribution in [0.15, 0.2) is 70.1 Å². The van der Waals surface area contributed by atoms with Crippen molar-refractivity contribution in [2.75, 3.05) is 7.11 Å². The molecule has 0 saturated heterocycles. The Labute approximate surface area is 205 Å². The van der Waals surface area contributed by atoms with Gasteiger partial charge in [-0.25, -0.2) is 4.98 Å². The standard InChI is InChI=1S/C28H31N3O4/c1-5-6-13-26(32)30(18-21-10-9-16-35-21)20(3)27-29-23-12-8-7-11-22(23)28(33)31(27)24-17-19(2)14-15-25(24)34-4/h7-12,14-17,20H,5-6,13,18H2,1-4H3. The summed E-state index contributed by atoms with van der Waals surface area (Å²) in [5, 5.41) is 0.502. The lowest BCUT2D eigenvalue weighted by Crippen LogP contribution is -2.37. The second kappa shape index (κ2) is 10.6. The lowest BCUT2D eigenvalue weighted by Gasteiger charge is -2.30. The molecule has 4 rings (SSSR count). The maximum atomic E-state index is 13.9. The van der Waals surface area contributed by atoms with Crippen LogP contribution in [0.3, 0.4) is 0 Å². The van der Waals surface area contributed by atoms with Gasteiger partial charge in [0.25, 0.3) is 5.56 Å². The fraction of sp³-hybridized carbons (Fsp3) is 0.321. The van der Waals surface area contributed by atoms with Crippen LogP contribution in [0, 0.1) is 6.92 Å². The Morgan fingerprint density at radius 3 is 2.69 bits per heavy atom. The number of benzene rings is 2. The highest BCUT2D eigenvalue weighted by atomic mass is 16.5. The molecular formula is C28H31N3O4. The highest BCUT2D eigenvalue weighted by molar-refractivity contribution is 5.79. The van der Waals surface area contributed by atoms with Crippen LogP contribution in [0.5, 0.6) is 5.75 Å². The molecule has 2 heterocycles. The Morgan fingerprint density at radius 2 is 1.97 bits per heavy atom. The smallest absolute Gasteiger partial charge is 0.266 e. The molecular weight excluding hydrogens is 442 g/mol. The van der Waals surface area contributed by atoms with Crippen molar-refractivity contribution in [2.45, 2.75) is 52.6 Å². The van der Waals surface area contributed by atoms with Gasteiger partial charge in [0.2, 0.25) is 5.91 Å². The van der Waals surface area contributed by atoms with Crippen LogP contribution in [-0.2, 0) is 11.3 Å². The van der Waals surface area contributed by atoms with Crippen LogP contribution < -0.4 is 10.3 Å². The monoisotopic (exact) mass is 473 g/mol. The van der Waals surface area contributed by atoms with Gasteiger partial charge in [-0.3, -0.25) is 14.2 Å². The molecule has 0 saturated carbocycles. The number of aromatic nitrogens is 2. The van der Waals surface area contributed by atoms with Gasteiger partial charge in [-0.15, -0.1) is 0 Å². The minimum atomic E-state index is -0.507. The van der Waals surface area contributed by atoms with E-state index in [-0.39, 0.29) is 18.0 Å². The van der Waals surface area contributed by atoms with Crippen molar-refractivity contribution in [3.63, 3.8) is 0 Å². The Balaban J connectivity index is 1.94. The molecule has 7 heteroatoms. The third kappa shape index (κ3) is 4.99. The zero-order valence-electron chi connectivity index (χ0n) is 20.7. The molecule has 1 unspecified atom stereocenters. The first-order valence-corrected chi connectivity index (χ1v) is 11.9. The van der Waals surface area contributed by atoms with Crippen LogP contribution in [0.25, 0.3) is 16.6 Å². The van der Waals surface area contributed by atoms with E-state index >= 15 is 0 Å². The lowest BCUT2D eigenvalue weighted by atomic mass is 10.1. The molecule has 2 aromatic carbocycles. The molecule has 0 aliphatic rings. The summed E-state index contributed by atoms with van der Waals surface area (Å²) in [4.78, 5) is 33.9. The summed E-state index contributed by atoms with van der Waals surface area (Å²) >= 11 is 0. The van der Waals surface area contributed by atoms with Crippen molar-refractivity contribution in [2.24, 2.45) is 0 Å². The number of fused-ring (bicyclic) bond motifs is 1. The highest BCUT2D eigenvalue weighted by Gasteiger charge is 2.28. The van der Waals surface area contributed by atoms with E-state index in [1.165, 1.54) is 0 Å². The molecule has 0 aliphatic carbocycles. The average Bonchev–Trinajstić information content (AvgIpc) is 3.39. The van der Waals surface area contributed by atoms with Gasteiger partial charge in [0.15, 0.2) is 0 Å². The highest BCUT2D eigenvalue weighted by Crippen LogP contribution is 2.30. The maximum absolute atomic E-state index is 13.9. The van der Waals surface area contributed by atoms with Crippen molar-refractivity contribution in [3.8, 4) is 11.4 Å². The molecule has 1 atom stereocenters. The Hall–Kier alpha value is -3.87. The topological polar surface area (TPSA) is 77.6 Å². The van der Waals surface area contributed by atoms with Gasteiger partial charge in [0.1, 0.15) is 17.3 Å². The van der Waals surface area contributed by atoms with E-state index in [2.05, 4.69) is 6.92 Å². The van der Waals surface area contributed by atoms with Gasteiger partial charge in [0, 0.05) is 6.42 Å². The summed E-state index contributed by atoms with van der Waals surface area (Å²) in [5.74, 6) is 1.68. The van der Waals surface area contributed by atoms with Gasteiger partial charge in [-0.2, -0.15) is 0 Å². The van der Waals surface area contributed by atoms with Crippen molar-refractivity contribution in [1.29, 1.82) is 0 Å². The van der Waals surface area contributed by atoms with E-state index in [1.807, 2.05) is 56.3 Å². The molecule has 4 aromatic rings. The number of hydrogen-bond donors (Lipinski definition) is 0. The van der Waals surface area contributed by atoms with Crippen molar-refractivity contribution in [1.82, 2.24) is 14.5 Å². The average molecular weight is 474 g/mol. The molecule has 7 nitrogen and oxygen atoms in total. The van der Waals surface area contributed by atoms with Crippen molar-refractivity contribution < 1.29 is 13.9 Å². The number of para-hydroxylation sites is 1. The fourth-order valence-electron chi connectivity index (χ4n) is 4.26. The second-order valence-corrected chi connectivity index (χ2v) is 8.68. The van der Waals surface area contributed by atoms with Gasteiger partial charge >= 0.3 is 0 Å². The molecule has 0 spiro atoms. The first-order valence-electron chi connectivity index (χ1n) is 11.9. The number of rotatable bonds is 9. The summed E-state index contributed by atoms with van der Waals surface area (Å²) in [5.41, 5.74) is 1.95. The zero-order chi connectivity index (χ0) is 24.9. The zero-order valence-corrected chi connectivity index (χ0v) is 20.7. The summed E-state index contributed by atoms with van der Waals surface area (Å²) in [7, 11) is 1.58. The number of methoxy groups -OCH3 is 1. The van der Waals surface area contributed by atoms with Gasteiger partial charge in [-0.05, 0) is 62.2 Å². The maximum Gasteiger partial charge on any atom is 0.266 e. The number of furan rings is 1. The van der Waals surface area contributed by atoms with Crippen LogP contribution >= 0.6 is 0 Å². The summed E-state index contributed by atoms with van der Waals surface area (Å²) in [6, 6.07) is 16.1. The van der Waals surface area contributed by atoms with Crippen molar-refractivity contribution in [3.05, 3.63) is 88.4 Å².